The van der Waals surface area contributed by atoms with Gasteiger partial charge in [0.25, 0.3) is 0 Å². The molecule has 0 aliphatic carbocycles. The normalized spacial score (nSPS) is 19.5. The Balaban J connectivity index is 2.77. The van der Waals surface area contributed by atoms with E-state index in [4.69, 9.17) is 20.8 Å². The van der Waals surface area contributed by atoms with Gasteiger partial charge in [0, 0.05) is 29.0 Å². The van der Waals surface area contributed by atoms with E-state index in [0.717, 1.165) is 5.03 Å². The number of cyclic esters (lactones) is 1. The molecule has 236 valence electrons. The fourth-order valence-corrected chi connectivity index (χ4v) is 5.34. The molecule has 0 unspecified atom stereocenters. The van der Waals surface area contributed by atoms with Crippen LogP contribution in [-0.2, 0) is 23.5 Å². The molecule has 2 amide bonds. The molecule has 42 heavy (non-hydrogen) atoms. The number of allylic oxidation sites excluding steroid dienone is 3. The van der Waals surface area contributed by atoms with Gasteiger partial charge in [-0.25, -0.2) is 4.79 Å². The van der Waals surface area contributed by atoms with E-state index < -0.39 is 19.8 Å². The van der Waals surface area contributed by atoms with Gasteiger partial charge in [0.05, 0.1) is 6.10 Å². The smallest absolute Gasteiger partial charge is 0.333 e. The zero-order valence-corrected chi connectivity index (χ0v) is 29.2. The number of rotatable bonds is 13. The van der Waals surface area contributed by atoms with E-state index >= 15 is 0 Å². The van der Waals surface area contributed by atoms with Gasteiger partial charge >= 0.3 is 5.97 Å². The first-order chi connectivity index (χ1) is 19.2. The summed E-state index contributed by atoms with van der Waals surface area (Å²) in [5.74, 6) is -0.973. The number of amides is 2. The predicted molar refractivity (Wildman–Crippen MR) is 175 cm³/mol. The van der Waals surface area contributed by atoms with Gasteiger partial charge in [-0.1, -0.05) is 96.5 Å². The minimum Gasteiger partial charge on any atom is -0.458 e. The van der Waals surface area contributed by atoms with Crippen LogP contribution < -0.4 is 10.6 Å². The highest BCUT2D eigenvalue weighted by atomic mass is 35.5. The van der Waals surface area contributed by atoms with E-state index in [-0.39, 0.29) is 40.9 Å². The summed E-state index contributed by atoms with van der Waals surface area (Å²) in [4.78, 5) is 37.5. The summed E-state index contributed by atoms with van der Waals surface area (Å²) in [6, 6.07) is -0.750. The molecule has 2 N–H and O–H groups in total. The van der Waals surface area contributed by atoms with E-state index in [1.165, 1.54) is 6.08 Å². The van der Waals surface area contributed by atoms with Gasteiger partial charge in [-0.05, 0) is 56.4 Å². The Kier molecular flexibility index (Phi) is 14.7. The molecule has 4 atom stereocenters. The average Bonchev–Trinajstić information content (AvgIpc) is 2.85. The quantitative estimate of drug-likeness (QED) is 0.0964. The Morgan fingerprint density at radius 2 is 1.81 bits per heavy atom. The molecule has 0 radical (unpaired) electrons. The summed E-state index contributed by atoms with van der Waals surface area (Å²) < 4.78 is 12.0. The van der Waals surface area contributed by atoms with Crippen LogP contribution in [0.15, 0.2) is 59.3 Å². The Labute approximate surface area is 260 Å². The molecule has 0 spiro atoms. The summed E-state index contributed by atoms with van der Waals surface area (Å²) in [6.07, 6.45) is 15.7. The van der Waals surface area contributed by atoms with Crippen molar-refractivity contribution >= 4 is 37.7 Å². The van der Waals surface area contributed by atoms with E-state index in [0.29, 0.717) is 24.8 Å². The Hall–Kier alpha value is -2.42. The van der Waals surface area contributed by atoms with Crippen molar-refractivity contribution in [3.63, 3.8) is 0 Å². The first-order valence-corrected chi connectivity index (χ1v) is 18.0. The van der Waals surface area contributed by atoms with Crippen LogP contribution in [-0.4, -0.2) is 44.4 Å². The summed E-state index contributed by atoms with van der Waals surface area (Å²) in [7, 11) is -1.99. The lowest BCUT2D eigenvalue weighted by atomic mass is 9.86. The molecule has 1 aliphatic heterocycles. The molecule has 7 nitrogen and oxygen atoms in total. The van der Waals surface area contributed by atoms with Gasteiger partial charge < -0.3 is 19.8 Å². The minimum atomic E-state index is -1.99. The van der Waals surface area contributed by atoms with E-state index in [2.05, 4.69) is 44.5 Å². The zero-order valence-electron chi connectivity index (χ0n) is 27.5. The van der Waals surface area contributed by atoms with Gasteiger partial charge in [0.1, 0.15) is 12.1 Å². The highest BCUT2D eigenvalue weighted by Crippen LogP contribution is 2.38. The van der Waals surface area contributed by atoms with E-state index in [1.807, 2.05) is 58.9 Å². The SMILES string of the molecule is CC1=CC[C@@H]([C@@H](C)/C=C\C=C/C(=O)N[C@H](C(=O)N/C=C\C[C@H](C/C=C(\C)Cl)O[Si](C)(C)C(C)(C)C)C(C)(C)C)OC1=O. The minimum absolute atomic E-state index is 0.00671. The van der Waals surface area contributed by atoms with Gasteiger partial charge in [-0.3, -0.25) is 9.59 Å². The first kappa shape index (κ1) is 37.6. The van der Waals surface area contributed by atoms with Crippen LogP contribution in [0.4, 0.5) is 0 Å². The Morgan fingerprint density at radius 1 is 1.17 bits per heavy atom. The lowest BCUT2D eigenvalue weighted by Crippen LogP contribution is -2.52. The van der Waals surface area contributed by atoms with Crippen LogP contribution in [0.25, 0.3) is 0 Å². The number of carbonyl (C=O) groups is 3. The van der Waals surface area contributed by atoms with Crippen molar-refractivity contribution in [2.45, 2.75) is 118 Å². The number of ether oxygens (including phenoxy) is 1. The maximum absolute atomic E-state index is 13.1. The van der Waals surface area contributed by atoms with Crippen molar-refractivity contribution in [2.24, 2.45) is 11.3 Å². The number of hydrogen-bond donors (Lipinski definition) is 2. The summed E-state index contributed by atoms with van der Waals surface area (Å²) >= 11 is 6.08. The molecular weight excluding hydrogens is 568 g/mol. The molecule has 9 heteroatoms. The van der Waals surface area contributed by atoms with E-state index in [9.17, 15) is 14.4 Å². The van der Waals surface area contributed by atoms with Crippen LogP contribution in [0.3, 0.4) is 0 Å². The van der Waals surface area contributed by atoms with E-state index in [1.54, 1.807) is 25.3 Å². The Morgan fingerprint density at radius 3 is 2.36 bits per heavy atom. The third-order valence-electron chi connectivity index (χ3n) is 7.68. The highest BCUT2D eigenvalue weighted by molar-refractivity contribution is 6.74. The van der Waals surface area contributed by atoms with Crippen LogP contribution in [0, 0.1) is 11.3 Å². The molecule has 0 aromatic carbocycles. The Bertz CT molecular complexity index is 1090. The van der Waals surface area contributed by atoms with Gasteiger partial charge in [-0.2, -0.15) is 0 Å². The second-order valence-electron chi connectivity index (χ2n) is 13.7. The highest BCUT2D eigenvalue weighted by Gasteiger charge is 2.39. The molecular formula is C33H53ClN2O5Si. The lowest BCUT2D eigenvalue weighted by Gasteiger charge is -2.39. The standard InChI is InChI=1S/C33H53ClN2O5Si/c1-23(27-21-18-24(2)31(39)40-27)15-12-13-17-28(37)36-29(32(4,5)6)30(38)35-22-14-16-26(20-19-25(3)34)41-42(10,11)33(7,8)9/h12-15,17-19,22-23,26-27,29H,16,20-21H2,1-11H3,(H,35,38)(H,36,37)/b15-12-,17-13-,22-14-,25-19+/t23-,26+,27-,29+/m0/s1. The summed E-state index contributed by atoms with van der Waals surface area (Å²) in [5, 5.41) is 6.45. The van der Waals surface area contributed by atoms with Crippen LogP contribution in [0.2, 0.25) is 18.1 Å². The predicted octanol–water partition coefficient (Wildman–Crippen LogP) is 7.47. The molecule has 0 saturated carbocycles. The number of halogens is 1. The number of nitrogens with one attached hydrogen (secondary N) is 2. The monoisotopic (exact) mass is 620 g/mol. The second-order valence-corrected chi connectivity index (χ2v) is 19.0. The maximum Gasteiger partial charge on any atom is 0.333 e. The molecule has 1 rings (SSSR count). The third kappa shape index (κ3) is 13.3. The lowest BCUT2D eigenvalue weighted by molar-refractivity contribution is -0.147. The number of carbonyl (C=O) groups excluding carboxylic acids is 3. The van der Waals surface area contributed by atoms with Gasteiger partial charge in [-0.15, -0.1) is 0 Å². The summed E-state index contributed by atoms with van der Waals surface area (Å²) in [5.41, 5.74) is 0.111. The number of hydrogen-bond acceptors (Lipinski definition) is 5. The first-order valence-electron chi connectivity index (χ1n) is 14.7. The summed E-state index contributed by atoms with van der Waals surface area (Å²) in [6.45, 7) is 22.3. The van der Waals surface area contributed by atoms with Gasteiger partial charge in [0.2, 0.25) is 11.8 Å². The largest absolute Gasteiger partial charge is 0.458 e. The second kappa shape index (κ2) is 16.4. The zero-order chi connectivity index (χ0) is 32.3. The molecule has 1 aliphatic rings. The van der Waals surface area contributed by atoms with Crippen LogP contribution >= 0.6 is 11.6 Å². The van der Waals surface area contributed by atoms with Crippen LogP contribution in [0.1, 0.15) is 81.6 Å². The molecule has 0 bridgehead atoms. The molecule has 0 aromatic rings. The van der Waals surface area contributed by atoms with Crippen molar-refractivity contribution in [1.29, 1.82) is 0 Å². The molecule has 0 aromatic heterocycles. The fraction of sp³-hybridized carbons (Fsp3) is 0.606. The number of esters is 1. The molecule has 0 fully saturated rings. The van der Waals surface area contributed by atoms with Crippen molar-refractivity contribution in [3.05, 3.63) is 59.3 Å². The van der Waals surface area contributed by atoms with Crippen molar-refractivity contribution in [1.82, 2.24) is 10.6 Å². The fourth-order valence-electron chi connectivity index (χ4n) is 3.87. The van der Waals surface area contributed by atoms with Crippen molar-refractivity contribution in [2.75, 3.05) is 0 Å². The third-order valence-corrected chi connectivity index (χ3v) is 12.4. The topological polar surface area (TPSA) is 93.7 Å². The van der Waals surface area contributed by atoms with Crippen LogP contribution in [0.5, 0.6) is 0 Å². The van der Waals surface area contributed by atoms with Crippen molar-refractivity contribution in [3.8, 4) is 0 Å². The molecule has 1 heterocycles. The van der Waals surface area contributed by atoms with Gasteiger partial charge in [0.15, 0.2) is 8.32 Å². The molecule has 0 saturated heterocycles. The average molecular weight is 621 g/mol. The van der Waals surface area contributed by atoms with Crippen molar-refractivity contribution < 1.29 is 23.5 Å². The maximum atomic E-state index is 13.1.